The highest BCUT2D eigenvalue weighted by Crippen LogP contribution is 2.38. The Morgan fingerprint density at radius 3 is 2.59 bits per heavy atom. The maximum absolute atomic E-state index is 11.9. The summed E-state index contributed by atoms with van der Waals surface area (Å²) in [5.74, 6) is 0.245. The molecule has 4 aromatic rings. The molecule has 0 bridgehead atoms. The molecule has 0 radical (unpaired) electrons. The Morgan fingerprint density at radius 1 is 1.21 bits per heavy atom. The number of morpholine rings is 1. The summed E-state index contributed by atoms with van der Waals surface area (Å²) in [4.78, 5) is 19.3. The first kappa shape index (κ1) is 26.7. The molecule has 4 heterocycles. The number of rotatable bonds is 7. The molecule has 5 rings (SSSR count). The highest BCUT2D eigenvalue weighted by molar-refractivity contribution is 7.18. The summed E-state index contributed by atoms with van der Waals surface area (Å²) in [7, 11) is 1.31. The van der Waals surface area contributed by atoms with E-state index in [0.717, 1.165) is 35.7 Å². The molecule has 0 spiro atoms. The summed E-state index contributed by atoms with van der Waals surface area (Å²) in [5.41, 5.74) is 5.40. The molecule has 200 valence electrons. The lowest BCUT2D eigenvalue weighted by Gasteiger charge is -2.28. The van der Waals surface area contributed by atoms with Gasteiger partial charge in [0.1, 0.15) is 33.2 Å². The van der Waals surface area contributed by atoms with Crippen LogP contribution in [0.15, 0.2) is 40.9 Å². The number of carbonyl (C=O) groups is 1. The third-order valence-corrected chi connectivity index (χ3v) is 7.87. The number of halogens is 1. The highest BCUT2D eigenvalue weighted by Gasteiger charge is 2.23. The Hall–Kier alpha value is -3.91. The van der Waals surface area contributed by atoms with Crippen LogP contribution in [0.4, 0.5) is 5.69 Å². The quantitative estimate of drug-likeness (QED) is 0.257. The van der Waals surface area contributed by atoms with Crippen molar-refractivity contribution in [3.05, 3.63) is 68.2 Å². The maximum atomic E-state index is 11.9. The van der Waals surface area contributed by atoms with Crippen LogP contribution in [0.5, 0.6) is 5.88 Å². The average Bonchev–Trinajstić information content (AvgIpc) is 3.51. The summed E-state index contributed by atoms with van der Waals surface area (Å²) in [6.07, 6.45) is 0. The van der Waals surface area contributed by atoms with Crippen LogP contribution in [0.3, 0.4) is 0 Å². The number of anilines is 1. The molecule has 9 nitrogen and oxygen atoms in total. The molecule has 0 saturated carbocycles. The van der Waals surface area contributed by atoms with Crippen LogP contribution in [0.1, 0.15) is 32.3 Å². The molecule has 1 aliphatic rings. The Labute approximate surface area is 234 Å². The van der Waals surface area contributed by atoms with E-state index in [1.165, 1.54) is 7.11 Å². The van der Waals surface area contributed by atoms with E-state index in [1.807, 2.05) is 25.1 Å². The molecule has 1 aliphatic heterocycles. The average molecular weight is 565 g/mol. The molecule has 1 saturated heterocycles. The first-order chi connectivity index (χ1) is 18.9. The van der Waals surface area contributed by atoms with Crippen molar-refractivity contribution in [2.45, 2.75) is 20.5 Å². The second kappa shape index (κ2) is 11.5. The molecule has 0 N–H and O–H groups in total. The van der Waals surface area contributed by atoms with Gasteiger partial charge >= 0.3 is 5.97 Å². The number of hydrogen-bond acceptors (Lipinski definition) is 10. The van der Waals surface area contributed by atoms with Gasteiger partial charge in [0, 0.05) is 41.0 Å². The van der Waals surface area contributed by atoms with Gasteiger partial charge in [0.2, 0.25) is 5.88 Å². The Kier molecular flexibility index (Phi) is 7.84. The topological polar surface area (TPSA) is 111 Å². The van der Waals surface area contributed by atoms with Gasteiger partial charge in [-0.15, -0.1) is 11.3 Å². The number of nitrogens with zero attached hydrogens (tertiary/aromatic N) is 4. The van der Waals surface area contributed by atoms with Crippen molar-refractivity contribution in [1.82, 2.24) is 10.1 Å². The molecular formula is C28H25ClN4O5S. The normalized spacial score (nSPS) is 13.3. The van der Waals surface area contributed by atoms with Crippen molar-refractivity contribution in [1.29, 1.82) is 5.26 Å². The number of aromatic nitrogens is 2. The number of benzene rings is 1. The second-order valence-electron chi connectivity index (χ2n) is 8.88. The van der Waals surface area contributed by atoms with Gasteiger partial charge in [-0.25, -0.2) is 9.78 Å². The lowest BCUT2D eigenvalue weighted by molar-refractivity contribution is 0.0606. The largest absolute Gasteiger partial charge is 0.472 e. The fraction of sp³-hybridized carbons (Fsp3) is 0.286. The predicted molar refractivity (Wildman–Crippen MR) is 147 cm³/mol. The minimum absolute atomic E-state index is 0.00840. The van der Waals surface area contributed by atoms with Gasteiger partial charge in [0.15, 0.2) is 0 Å². The summed E-state index contributed by atoms with van der Waals surface area (Å²) in [5, 5.41) is 14.2. The monoisotopic (exact) mass is 564 g/mol. The van der Waals surface area contributed by atoms with Gasteiger partial charge in [0.25, 0.3) is 0 Å². The second-order valence-corrected chi connectivity index (χ2v) is 10.5. The number of thiophene rings is 1. The number of ether oxygens (including phenoxy) is 3. The van der Waals surface area contributed by atoms with Gasteiger partial charge < -0.3 is 23.6 Å². The molecule has 1 aromatic carbocycles. The summed E-state index contributed by atoms with van der Waals surface area (Å²) < 4.78 is 22.1. The Balaban J connectivity index is 1.54. The molecule has 0 unspecified atom stereocenters. The van der Waals surface area contributed by atoms with Crippen LogP contribution in [-0.2, 0) is 16.1 Å². The van der Waals surface area contributed by atoms with Gasteiger partial charge in [-0.2, -0.15) is 5.26 Å². The Bertz CT molecular complexity index is 1530. The third kappa shape index (κ3) is 5.47. The van der Waals surface area contributed by atoms with Crippen LogP contribution in [-0.4, -0.2) is 49.5 Å². The lowest BCUT2D eigenvalue weighted by Crippen LogP contribution is -2.36. The van der Waals surface area contributed by atoms with Crippen molar-refractivity contribution in [3.8, 4) is 34.3 Å². The highest BCUT2D eigenvalue weighted by atomic mass is 35.5. The van der Waals surface area contributed by atoms with E-state index in [9.17, 15) is 10.1 Å². The van der Waals surface area contributed by atoms with E-state index < -0.39 is 5.97 Å². The zero-order valence-electron chi connectivity index (χ0n) is 21.6. The van der Waals surface area contributed by atoms with Crippen LogP contribution >= 0.6 is 22.9 Å². The number of aryl methyl sites for hydroxylation is 2. The first-order valence-corrected chi connectivity index (χ1v) is 13.4. The number of pyridine rings is 1. The van der Waals surface area contributed by atoms with E-state index in [-0.39, 0.29) is 18.1 Å². The van der Waals surface area contributed by atoms with Crippen molar-refractivity contribution < 1.29 is 23.5 Å². The van der Waals surface area contributed by atoms with Crippen molar-refractivity contribution >= 4 is 34.6 Å². The minimum Gasteiger partial charge on any atom is -0.472 e. The van der Waals surface area contributed by atoms with E-state index in [2.05, 4.69) is 28.3 Å². The lowest BCUT2D eigenvalue weighted by atomic mass is 9.97. The summed E-state index contributed by atoms with van der Waals surface area (Å²) >= 11 is 7.46. The molecule has 0 aliphatic carbocycles. The molecular weight excluding hydrogens is 540 g/mol. The van der Waals surface area contributed by atoms with Crippen LogP contribution < -0.4 is 9.64 Å². The molecule has 1 fully saturated rings. The SMILES string of the molecule is COC(=O)c1cc(COc2nc(-c3ccc(N4CCOCC4)cc3)cc(-c3c(C)noc3C)c2C#N)c(Cl)s1. The van der Waals surface area contributed by atoms with Crippen molar-refractivity contribution in [3.63, 3.8) is 0 Å². The smallest absolute Gasteiger partial charge is 0.348 e. The van der Waals surface area contributed by atoms with Gasteiger partial charge in [-0.3, -0.25) is 0 Å². The summed E-state index contributed by atoms with van der Waals surface area (Å²) in [6.45, 7) is 6.72. The van der Waals surface area contributed by atoms with E-state index >= 15 is 0 Å². The molecule has 0 atom stereocenters. The number of esters is 1. The minimum atomic E-state index is -0.479. The molecule has 39 heavy (non-hydrogen) atoms. The number of carbonyl (C=O) groups excluding carboxylic acids is 1. The van der Waals surface area contributed by atoms with E-state index in [1.54, 1.807) is 13.0 Å². The van der Waals surface area contributed by atoms with Crippen LogP contribution in [0.2, 0.25) is 4.34 Å². The van der Waals surface area contributed by atoms with E-state index in [4.69, 9.17) is 35.3 Å². The fourth-order valence-electron chi connectivity index (χ4n) is 4.46. The van der Waals surface area contributed by atoms with Crippen molar-refractivity contribution in [2.75, 3.05) is 38.3 Å². The number of nitriles is 1. The molecule has 11 heteroatoms. The Morgan fingerprint density at radius 2 is 1.95 bits per heavy atom. The van der Waals surface area contributed by atoms with Gasteiger partial charge in [-0.1, -0.05) is 28.9 Å². The molecule has 3 aromatic heterocycles. The third-order valence-electron chi connectivity index (χ3n) is 6.45. The first-order valence-electron chi connectivity index (χ1n) is 12.2. The van der Waals surface area contributed by atoms with Gasteiger partial charge in [0.05, 0.1) is 31.7 Å². The van der Waals surface area contributed by atoms with Gasteiger partial charge in [-0.05, 0) is 38.1 Å². The van der Waals surface area contributed by atoms with E-state index in [0.29, 0.717) is 56.3 Å². The fourth-order valence-corrected chi connectivity index (χ4v) is 5.63. The molecule has 0 amide bonds. The zero-order valence-corrected chi connectivity index (χ0v) is 23.2. The number of hydrogen-bond donors (Lipinski definition) is 0. The van der Waals surface area contributed by atoms with Crippen LogP contribution in [0.25, 0.3) is 22.4 Å². The van der Waals surface area contributed by atoms with Crippen molar-refractivity contribution in [2.24, 2.45) is 0 Å². The maximum Gasteiger partial charge on any atom is 0.348 e. The standard InChI is InChI=1S/C28H25ClN4O5S/c1-16-25(17(2)38-32-16)21-13-23(18-4-6-20(7-5-18)33-8-10-36-11-9-33)31-27(22(21)14-30)37-15-19-12-24(28(34)35-3)39-26(19)29/h4-7,12-13H,8-11,15H2,1-3H3. The number of methoxy groups -OCH3 is 1. The zero-order chi connectivity index (χ0) is 27.5. The predicted octanol–water partition coefficient (Wildman–Crippen LogP) is 5.81. The van der Waals surface area contributed by atoms with Crippen LogP contribution in [0, 0.1) is 25.2 Å². The summed E-state index contributed by atoms with van der Waals surface area (Å²) in [6, 6.07) is 13.8.